The van der Waals surface area contributed by atoms with Crippen LogP contribution in [-0.2, 0) is 0 Å². The van der Waals surface area contributed by atoms with Crippen molar-refractivity contribution in [1.82, 2.24) is 9.80 Å². The molecule has 0 amide bonds. The molecule has 0 aliphatic heterocycles. The van der Waals surface area contributed by atoms with Gasteiger partial charge < -0.3 is 9.80 Å². The molecule has 0 spiro atoms. The fourth-order valence-electron chi connectivity index (χ4n) is 1.15. The molecule has 0 rings (SSSR count). The standard InChI is InChI=1S/C9H21N3/c1-5-7-12(8-6-2)9(10)11(3)4/h10H,5-8H2,1-4H3. The Hall–Kier alpha value is -0.730. The molecule has 0 bridgehead atoms. The molecule has 0 saturated carbocycles. The zero-order valence-electron chi connectivity index (χ0n) is 8.72. The summed E-state index contributed by atoms with van der Waals surface area (Å²) in [7, 11) is 3.83. The summed E-state index contributed by atoms with van der Waals surface area (Å²) in [6.45, 7) is 6.27. The van der Waals surface area contributed by atoms with Crippen LogP contribution in [0.1, 0.15) is 26.7 Å². The van der Waals surface area contributed by atoms with Gasteiger partial charge in [-0.1, -0.05) is 13.8 Å². The molecule has 3 nitrogen and oxygen atoms in total. The van der Waals surface area contributed by atoms with E-state index in [4.69, 9.17) is 5.41 Å². The minimum absolute atomic E-state index is 0.624. The van der Waals surface area contributed by atoms with Gasteiger partial charge in [0.15, 0.2) is 5.96 Å². The van der Waals surface area contributed by atoms with Gasteiger partial charge in [-0.25, -0.2) is 0 Å². The van der Waals surface area contributed by atoms with E-state index in [2.05, 4.69) is 18.7 Å². The monoisotopic (exact) mass is 171 g/mol. The highest BCUT2D eigenvalue weighted by molar-refractivity contribution is 5.76. The predicted molar refractivity (Wildman–Crippen MR) is 53.6 cm³/mol. The van der Waals surface area contributed by atoms with Gasteiger partial charge in [0.1, 0.15) is 0 Å². The van der Waals surface area contributed by atoms with Gasteiger partial charge in [-0.05, 0) is 12.8 Å². The molecule has 0 atom stereocenters. The Morgan fingerprint density at radius 1 is 1.08 bits per heavy atom. The van der Waals surface area contributed by atoms with E-state index in [0.717, 1.165) is 25.9 Å². The van der Waals surface area contributed by atoms with Crippen molar-refractivity contribution in [3.63, 3.8) is 0 Å². The molecule has 0 heterocycles. The summed E-state index contributed by atoms with van der Waals surface area (Å²) in [6, 6.07) is 0. The highest BCUT2D eigenvalue weighted by Crippen LogP contribution is 1.96. The summed E-state index contributed by atoms with van der Waals surface area (Å²) < 4.78 is 0. The van der Waals surface area contributed by atoms with Crippen molar-refractivity contribution in [2.75, 3.05) is 27.2 Å². The minimum atomic E-state index is 0.624. The van der Waals surface area contributed by atoms with E-state index in [1.54, 1.807) is 0 Å². The zero-order chi connectivity index (χ0) is 9.56. The fourth-order valence-corrected chi connectivity index (χ4v) is 1.15. The van der Waals surface area contributed by atoms with E-state index in [1.165, 1.54) is 0 Å². The average molecular weight is 171 g/mol. The molecule has 0 fully saturated rings. The molecule has 0 aromatic carbocycles. The third-order valence-corrected chi connectivity index (χ3v) is 1.71. The first-order chi connectivity index (χ1) is 5.63. The second-order valence-electron chi connectivity index (χ2n) is 3.21. The number of guanidine groups is 1. The number of hydrogen-bond donors (Lipinski definition) is 1. The first-order valence-electron chi connectivity index (χ1n) is 4.64. The van der Waals surface area contributed by atoms with Crippen LogP contribution in [0.4, 0.5) is 0 Å². The van der Waals surface area contributed by atoms with Gasteiger partial charge in [0.05, 0.1) is 0 Å². The Morgan fingerprint density at radius 2 is 1.50 bits per heavy atom. The van der Waals surface area contributed by atoms with Crippen LogP contribution in [0.2, 0.25) is 0 Å². The summed E-state index contributed by atoms with van der Waals surface area (Å²) in [5.74, 6) is 0.624. The SMILES string of the molecule is CCCN(CCC)C(=N)N(C)C. The molecule has 3 heteroatoms. The molecule has 12 heavy (non-hydrogen) atoms. The predicted octanol–water partition coefficient (Wildman–Crippen LogP) is 1.60. The van der Waals surface area contributed by atoms with Gasteiger partial charge in [0.25, 0.3) is 0 Å². The summed E-state index contributed by atoms with van der Waals surface area (Å²) in [4.78, 5) is 3.96. The molecule has 0 saturated heterocycles. The zero-order valence-corrected chi connectivity index (χ0v) is 8.72. The third kappa shape index (κ3) is 3.60. The number of nitrogens with zero attached hydrogens (tertiary/aromatic N) is 2. The lowest BCUT2D eigenvalue weighted by Crippen LogP contribution is -2.40. The second-order valence-corrected chi connectivity index (χ2v) is 3.21. The van der Waals surface area contributed by atoms with Crippen molar-refractivity contribution in [2.45, 2.75) is 26.7 Å². The van der Waals surface area contributed by atoms with Gasteiger partial charge in [0.2, 0.25) is 0 Å². The lowest BCUT2D eigenvalue weighted by Gasteiger charge is -2.28. The van der Waals surface area contributed by atoms with E-state index in [1.807, 2.05) is 19.0 Å². The van der Waals surface area contributed by atoms with E-state index in [0.29, 0.717) is 5.96 Å². The molecule has 1 N–H and O–H groups in total. The van der Waals surface area contributed by atoms with Crippen molar-refractivity contribution < 1.29 is 0 Å². The molecule has 0 aromatic rings. The molecule has 0 unspecified atom stereocenters. The largest absolute Gasteiger partial charge is 0.349 e. The molecule has 72 valence electrons. The fraction of sp³-hybridized carbons (Fsp3) is 0.889. The normalized spacial score (nSPS) is 9.67. The van der Waals surface area contributed by atoms with Crippen molar-refractivity contribution in [1.29, 1.82) is 5.41 Å². The first-order valence-corrected chi connectivity index (χ1v) is 4.64. The lowest BCUT2D eigenvalue weighted by molar-refractivity contribution is 0.361. The highest BCUT2D eigenvalue weighted by Gasteiger charge is 2.08. The summed E-state index contributed by atoms with van der Waals surface area (Å²) in [5, 5.41) is 7.76. The molecule has 0 radical (unpaired) electrons. The molecule has 0 aromatic heterocycles. The summed E-state index contributed by atoms with van der Waals surface area (Å²) in [5.41, 5.74) is 0. The Bertz CT molecular complexity index is 126. The first kappa shape index (κ1) is 11.3. The van der Waals surface area contributed by atoms with Crippen LogP contribution in [0.5, 0.6) is 0 Å². The van der Waals surface area contributed by atoms with Crippen LogP contribution in [-0.4, -0.2) is 42.9 Å². The molecular formula is C9H21N3. The lowest BCUT2D eigenvalue weighted by atomic mass is 10.3. The minimum Gasteiger partial charge on any atom is -0.349 e. The molecule has 0 aliphatic rings. The quantitative estimate of drug-likeness (QED) is 0.514. The van der Waals surface area contributed by atoms with E-state index < -0.39 is 0 Å². The van der Waals surface area contributed by atoms with Crippen LogP contribution in [0.25, 0.3) is 0 Å². The van der Waals surface area contributed by atoms with Gasteiger partial charge in [0, 0.05) is 27.2 Å². The van der Waals surface area contributed by atoms with Crippen molar-refractivity contribution in [3.8, 4) is 0 Å². The van der Waals surface area contributed by atoms with Crippen LogP contribution in [0.15, 0.2) is 0 Å². The Morgan fingerprint density at radius 3 is 1.75 bits per heavy atom. The van der Waals surface area contributed by atoms with E-state index in [9.17, 15) is 0 Å². The third-order valence-electron chi connectivity index (χ3n) is 1.71. The van der Waals surface area contributed by atoms with Crippen LogP contribution < -0.4 is 0 Å². The van der Waals surface area contributed by atoms with E-state index in [-0.39, 0.29) is 0 Å². The Balaban J connectivity index is 3.99. The van der Waals surface area contributed by atoms with Gasteiger partial charge in [-0.2, -0.15) is 0 Å². The summed E-state index contributed by atoms with van der Waals surface area (Å²) >= 11 is 0. The Labute approximate surface area is 75.9 Å². The van der Waals surface area contributed by atoms with Gasteiger partial charge in [-0.3, -0.25) is 5.41 Å². The molecular weight excluding hydrogens is 150 g/mol. The number of nitrogens with one attached hydrogen (secondary N) is 1. The number of hydrogen-bond acceptors (Lipinski definition) is 1. The van der Waals surface area contributed by atoms with Crippen molar-refractivity contribution in [3.05, 3.63) is 0 Å². The molecule has 0 aliphatic carbocycles. The maximum atomic E-state index is 7.76. The van der Waals surface area contributed by atoms with Crippen LogP contribution in [0.3, 0.4) is 0 Å². The van der Waals surface area contributed by atoms with Crippen molar-refractivity contribution in [2.24, 2.45) is 0 Å². The number of rotatable bonds is 4. The van der Waals surface area contributed by atoms with E-state index >= 15 is 0 Å². The smallest absolute Gasteiger partial charge is 0.193 e. The maximum Gasteiger partial charge on any atom is 0.193 e. The summed E-state index contributed by atoms with van der Waals surface area (Å²) in [6.07, 6.45) is 2.21. The van der Waals surface area contributed by atoms with Crippen LogP contribution in [0, 0.1) is 5.41 Å². The van der Waals surface area contributed by atoms with Crippen LogP contribution >= 0.6 is 0 Å². The van der Waals surface area contributed by atoms with Gasteiger partial charge in [-0.15, -0.1) is 0 Å². The Kier molecular flexibility index (Phi) is 5.51. The highest BCUT2D eigenvalue weighted by atomic mass is 15.3. The van der Waals surface area contributed by atoms with Crippen molar-refractivity contribution >= 4 is 5.96 Å². The second kappa shape index (κ2) is 5.86. The topological polar surface area (TPSA) is 30.3 Å². The van der Waals surface area contributed by atoms with Gasteiger partial charge >= 0.3 is 0 Å². The average Bonchev–Trinajstić information content (AvgIpc) is 2.03. The maximum absolute atomic E-state index is 7.76.